The Balaban J connectivity index is 0.00000137. The molecule has 0 saturated heterocycles. The molecule has 0 aliphatic carbocycles. The maximum Gasteiger partial charge on any atom is 0.0526 e. The first-order valence-corrected chi connectivity index (χ1v) is 6.68. The molecule has 0 spiro atoms. The number of hydrogen-bond acceptors (Lipinski definition) is 2. The molecular weight excluding hydrogens is 238 g/mol. The average Bonchev–Trinajstić information content (AvgIpc) is 2.42. The largest absolute Gasteiger partial charge is 0.354 e. The van der Waals surface area contributed by atoms with Crippen LogP contribution < -0.4 is 5.32 Å². The Kier molecular flexibility index (Phi) is 8.50. The van der Waals surface area contributed by atoms with Crippen LogP contribution in [0.25, 0.3) is 0 Å². The summed E-state index contributed by atoms with van der Waals surface area (Å²) >= 11 is 1.64. The molecule has 1 aliphatic rings. The van der Waals surface area contributed by atoms with Crippen molar-refractivity contribution in [2.24, 2.45) is 0 Å². The fourth-order valence-electron chi connectivity index (χ4n) is 1.27. The summed E-state index contributed by atoms with van der Waals surface area (Å²) in [4.78, 5) is 2.15. The van der Waals surface area contributed by atoms with Crippen molar-refractivity contribution in [1.29, 1.82) is 0 Å². The van der Waals surface area contributed by atoms with E-state index in [1.807, 2.05) is 32.1 Å². The second-order valence-corrected chi connectivity index (χ2v) is 4.08. The minimum atomic E-state index is 0.967. The van der Waals surface area contributed by atoms with Crippen molar-refractivity contribution in [3.8, 4) is 0 Å². The van der Waals surface area contributed by atoms with Gasteiger partial charge >= 0.3 is 0 Å². The molecule has 18 heavy (non-hydrogen) atoms. The van der Waals surface area contributed by atoms with Gasteiger partial charge in [0.05, 0.1) is 11.4 Å². The molecule has 0 unspecified atom stereocenters. The molecule has 0 radical (unpaired) electrons. The predicted octanol–water partition coefficient (Wildman–Crippen LogP) is 5.07. The predicted molar refractivity (Wildman–Crippen MR) is 86.1 cm³/mol. The molecular formula is C16H21NS. The fourth-order valence-corrected chi connectivity index (χ4v) is 2.23. The van der Waals surface area contributed by atoms with Crippen LogP contribution in [0.3, 0.4) is 0 Å². The highest BCUT2D eigenvalue weighted by Gasteiger charge is 2.16. The van der Waals surface area contributed by atoms with Gasteiger partial charge in [0, 0.05) is 9.81 Å². The zero-order valence-electron chi connectivity index (χ0n) is 11.2. The van der Waals surface area contributed by atoms with Crippen molar-refractivity contribution >= 4 is 11.8 Å². The van der Waals surface area contributed by atoms with E-state index in [0.29, 0.717) is 0 Å². The Bertz CT molecular complexity index is 382. The lowest BCUT2D eigenvalue weighted by molar-refractivity contribution is 1.03. The Hall–Kier alpha value is -1.67. The van der Waals surface area contributed by atoms with E-state index in [1.165, 1.54) is 0 Å². The Morgan fingerprint density at radius 3 is 2.00 bits per heavy atom. The summed E-state index contributed by atoms with van der Waals surface area (Å²) in [6.45, 7) is 19.0. The summed E-state index contributed by atoms with van der Waals surface area (Å²) in [6.07, 6.45) is 11.0. The first-order valence-electron chi connectivity index (χ1n) is 5.86. The molecule has 0 atom stereocenters. The van der Waals surface area contributed by atoms with Crippen LogP contribution in [0.4, 0.5) is 0 Å². The van der Waals surface area contributed by atoms with Gasteiger partial charge in [-0.2, -0.15) is 0 Å². The van der Waals surface area contributed by atoms with Gasteiger partial charge in [-0.05, 0) is 18.2 Å². The van der Waals surface area contributed by atoms with Crippen LogP contribution in [0.1, 0.15) is 13.8 Å². The number of hydrogen-bond donors (Lipinski definition) is 1. The SMILES string of the molecule is C=C/C=C1/NC(C=C)=C(C=C)S/C1=C/C=C.CC. The monoisotopic (exact) mass is 259 g/mol. The van der Waals surface area contributed by atoms with Crippen LogP contribution in [0, 0.1) is 0 Å². The first-order chi connectivity index (χ1) is 8.76. The van der Waals surface area contributed by atoms with Gasteiger partial charge in [-0.25, -0.2) is 0 Å². The van der Waals surface area contributed by atoms with Crippen LogP contribution in [0.5, 0.6) is 0 Å². The van der Waals surface area contributed by atoms with Crippen molar-refractivity contribution < 1.29 is 0 Å². The van der Waals surface area contributed by atoms with E-state index in [-0.39, 0.29) is 0 Å². The van der Waals surface area contributed by atoms with Gasteiger partial charge in [-0.3, -0.25) is 0 Å². The number of rotatable bonds is 4. The van der Waals surface area contributed by atoms with E-state index in [1.54, 1.807) is 30.0 Å². The molecule has 1 heterocycles. The van der Waals surface area contributed by atoms with Gasteiger partial charge in [-0.1, -0.05) is 70.2 Å². The third kappa shape index (κ3) is 4.30. The smallest absolute Gasteiger partial charge is 0.0526 e. The molecule has 0 saturated carbocycles. The molecule has 0 aromatic carbocycles. The van der Waals surface area contributed by atoms with Crippen molar-refractivity contribution in [2.75, 3.05) is 0 Å². The van der Waals surface area contributed by atoms with Crippen molar-refractivity contribution in [3.05, 3.63) is 84.0 Å². The first kappa shape index (κ1) is 16.3. The summed E-state index contributed by atoms with van der Waals surface area (Å²) in [5.74, 6) is 0. The average molecular weight is 259 g/mol. The van der Waals surface area contributed by atoms with E-state index >= 15 is 0 Å². The topological polar surface area (TPSA) is 12.0 Å². The minimum absolute atomic E-state index is 0.967. The van der Waals surface area contributed by atoms with Crippen molar-refractivity contribution in [1.82, 2.24) is 5.32 Å². The lowest BCUT2D eigenvalue weighted by atomic mass is 10.2. The second kappa shape index (κ2) is 9.37. The van der Waals surface area contributed by atoms with E-state index in [2.05, 4.69) is 31.6 Å². The van der Waals surface area contributed by atoms with E-state index in [0.717, 1.165) is 21.2 Å². The summed E-state index contributed by atoms with van der Waals surface area (Å²) in [5, 5.41) is 3.28. The number of thioether (sulfide) groups is 1. The summed E-state index contributed by atoms with van der Waals surface area (Å²) in [5.41, 5.74) is 1.97. The number of allylic oxidation sites excluding steroid dienone is 6. The maximum absolute atomic E-state index is 3.79. The fraction of sp³-hybridized carbons (Fsp3) is 0.125. The molecule has 1 aliphatic heterocycles. The van der Waals surface area contributed by atoms with Crippen molar-refractivity contribution in [3.63, 3.8) is 0 Å². The van der Waals surface area contributed by atoms with Gasteiger partial charge in [0.25, 0.3) is 0 Å². The zero-order chi connectivity index (χ0) is 14.0. The van der Waals surface area contributed by atoms with E-state index in [4.69, 9.17) is 0 Å². The van der Waals surface area contributed by atoms with Crippen molar-refractivity contribution in [2.45, 2.75) is 13.8 Å². The molecule has 1 rings (SSSR count). The van der Waals surface area contributed by atoms with E-state index in [9.17, 15) is 0 Å². The molecule has 0 bridgehead atoms. The van der Waals surface area contributed by atoms with Crippen LogP contribution in [-0.2, 0) is 0 Å². The molecule has 96 valence electrons. The molecule has 0 aromatic heterocycles. The van der Waals surface area contributed by atoms with Crippen LogP contribution in [0.15, 0.2) is 84.0 Å². The standard InChI is InChI=1S/C14H15NS.C2H6/c1-5-9-12-14(10-6-2)16-13(8-4)11(7-3)15-12;1-2/h5-10,15H,1-4H2;1-2H3/b12-9+,14-10+;. The quantitative estimate of drug-likeness (QED) is 0.756. The van der Waals surface area contributed by atoms with Gasteiger partial charge < -0.3 is 5.32 Å². The molecule has 0 amide bonds. The van der Waals surface area contributed by atoms with Crippen LogP contribution in [0.2, 0.25) is 0 Å². The number of nitrogens with one attached hydrogen (secondary N) is 1. The molecule has 2 heteroatoms. The highest BCUT2D eigenvalue weighted by atomic mass is 32.2. The van der Waals surface area contributed by atoms with E-state index < -0.39 is 0 Å². The molecule has 1 nitrogen and oxygen atoms in total. The third-order valence-electron chi connectivity index (χ3n) is 1.96. The lowest BCUT2D eigenvalue weighted by Crippen LogP contribution is -2.17. The summed E-state index contributed by atoms with van der Waals surface area (Å²) < 4.78 is 0. The Labute approximate surface area is 115 Å². The van der Waals surface area contributed by atoms with Gasteiger partial charge in [0.2, 0.25) is 0 Å². The lowest BCUT2D eigenvalue weighted by Gasteiger charge is -2.22. The highest BCUT2D eigenvalue weighted by molar-refractivity contribution is 8.07. The zero-order valence-corrected chi connectivity index (χ0v) is 12.0. The summed E-state index contributed by atoms with van der Waals surface area (Å²) in [6, 6.07) is 0. The molecule has 0 fully saturated rings. The maximum atomic E-state index is 3.79. The Morgan fingerprint density at radius 1 is 0.944 bits per heavy atom. The normalized spacial score (nSPS) is 18.6. The van der Waals surface area contributed by atoms with Gasteiger partial charge in [0.1, 0.15) is 0 Å². The van der Waals surface area contributed by atoms with Crippen LogP contribution >= 0.6 is 11.8 Å². The van der Waals surface area contributed by atoms with Gasteiger partial charge in [-0.15, -0.1) is 0 Å². The Morgan fingerprint density at radius 2 is 1.56 bits per heavy atom. The minimum Gasteiger partial charge on any atom is -0.354 e. The third-order valence-corrected chi connectivity index (χ3v) is 3.15. The van der Waals surface area contributed by atoms with Gasteiger partial charge in [0.15, 0.2) is 0 Å². The second-order valence-electron chi connectivity index (χ2n) is 3.00. The highest BCUT2D eigenvalue weighted by Crippen LogP contribution is 2.37. The molecule has 0 aromatic rings. The van der Waals surface area contributed by atoms with Crippen LogP contribution in [-0.4, -0.2) is 0 Å². The summed E-state index contributed by atoms with van der Waals surface area (Å²) in [7, 11) is 0. The molecule has 1 N–H and O–H groups in total.